The molecule has 1 rings (SSSR count). The van der Waals surface area contributed by atoms with E-state index in [4.69, 9.17) is 17.2 Å². The van der Waals surface area contributed by atoms with Crippen molar-refractivity contribution in [3.05, 3.63) is 0 Å². The van der Waals surface area contributed by atoms with Gasteiger partial charge in [0.1, 0.15) is 6.04 Å². The highest BCUT2D eigenvalue weighted by molar-refractivity contribution is 6.07. The summed E-state index contributed by atoms with van der Waals surface area (Å²) in [7, 11) is 1.54. The molecule has 23 heavy (non-hydrogen) atoms. The first-order valence-corrected chi connectivity index (χ1v) is 7.48. The minimum absolute atomic E-state index is 0.0107. The Morgan fingerprint density at radius 3 is 2.74 bits per heavy atom. The van der Waals surface area contributed by atoms with Gasteiger partial charge >= 0.3 is 6.03 Å². The summed E-state index contributed by atoms with van der Waals surface area (Å²) in [4.78, 5) is 40.2. The number of likely N-dealkylation sites (N-methyl/N-ethyl adjacent to an activating group) is 1. The number of rotatable bonds is 7. The van der Waals surface area contributed by atoms with Crippen molar-refractivity contribution in [2.45, 2.75) is 37.8 Å². The maximum atomic E-state index is 12.2. The maximum absolute atomic E-state index is 12.2. The van der Waals surface area contributed by atoms with Crippen molar-refractivity contribution in [3.63, 3.8) is 0 Å². The first-order chi connectivity index (χ1) is 10.8. The van der Waals surface area contributed by atoms with Crippen molar-refractivity contribution in [2.24, 2.45) is 22.2 Å². The quantitative estimate of drug-likeness (QED) is 0.357. The van der Waals surface area contributed by atoms with Crippen LogP contribution in [-0.4, -0.2) is 60.9 Å². The zero-order chi connectivity index (χ0) is 17.4. The number of nitrogens with one attached hydrogen (secondary N) is 2. The molecule has 0 aromatic heterocycles. The molecule has 0 bridgehead atoms. The number of carbonyl (C=O) groups excluding carboxylic acids is 3. The molecular formula is C13H25N7O3. The molecule has 1 aliphatic rings. The number of amides is 4. The number of hydrogen-bond acceptors (Lipinski definition) is 6. The van der Waals surface area contributed by atoms with Gasteiger partial charge in [-0.1, -0.05) is 0 Å². The second-order valence-electron chi connectivity index (χ2n) is 5.42. The van der Waals surface area contributed by atoms with Crippen molar-refractivity contribution >= 4 is 23.8 Å². The van der Waals surface area contributed by atoms with Gasteiger partial charge < -0.3 is 22.1 Å². The molecule has 10 heteroatoms. The summed E-state index contributed by atoms with van der Waals surface area (Å²) in [6.07, 6.45) is 2.38. The normalized spacial score (nSPS) is 18.7. The van der Waals surface area contributed by atoms with Crippen LogP contribution in [0.25, 0.3) is 0 Å². The Bertz CT molecular complexity index is 480. The van der Waals surface area contributed by atoms with Gasteiger partial charge in [0.2, 0.25) is 11.9 Å². The first-order valence-electron chi connectivity index (χ1n) is 7.48. The van der Waals surface area contributed by atoms with E-state index in [2.05, 4.69) is 15.6 Å². The summed E-state index contributed by atoms with van der Waals surface area (Å²) in [5, 5.41) is 4.58. The first kappa shape index (κ1) is 18.8. The lowest BCUT2D eigenvalue weighted by atomic mass is 10.1. The summed E-state index contributed by atoms with van der Waals surface area (Å²) in [5.74, 6) is -0.620. The van der Waals surface area contributed by atoms with Crippen LogP contribution in [-0.2, 0) is 9.59 Å². The highest BCUT2D eigenvalue weighted by Crippen LogP contribution is 2.08. The molecule has 0 spiro atoms. The minimum atomic E-state index is -0.821. The third kappa shape index (κ3) is 6.20. The summed E-state index contributed by atoms with van der Waals surface area (Å²) in [6.45, 7) is 0.631. The van der Waals surface area contributed by atoms with Gasteiger partial charge in [0.05, 0.1) is 6.54 Å². The largest absolute Gasteiger partial charge is 0.351 e. The van der Waals surface area contributed by atoms with E-state index in [1.807, 2.05) is 0 Å². The number of nitrogens with two attached hydrogens (primary N) is 3. The SMILES string of the molecule is CN(C(=O)CC[C@@H](N)CCCN)C1CN=C(NC(N)=O)NC1=O. The van der Waals surface area contributed by atoms with Crippen LogP contribution in [0, 0.1) is 0 Å². The van der Waals surface area contributed by atoms with Crippen LogP contribution < -0.4 is 27.8 Å². The van der Waals surface area contributed by atoms with Crippen LogP contribution in [0.2, 0.25) is 0 Å². The summed E-state index contributed by atoms with van der Waals surface area (Å²) in [5.41, 5.74) is 16.3. The van der Waals surface area contributed by atoms with Crippen LogP contribution in [0.5, 0.6) is 0 Å². The number of nitrogens with zero attached hydrogens (tertiary/aromatic N) is 2. The topological polar surface area (TPSA) is 169 Å². The number of carbonyl (C=O) groups is 3. The van der Waals surface area contributed by atoms with Crippen molar-refractivity contribution in [1.29, 1.82) is 0 Å². The fourth-order valence-electron chi connectivity index (χ4n) is 2.17. The Kier molecular flexibility index (Phi) is 7.42. The zero-order valence-corrected chi connectivity index (χ0v) is 13.2. The molecule has 1 heterocycles. The number of aliphatic imine (C=N–C) groups is 1. The lowest BCUT2D eigenvalue weighted by Gasteiger charge is -2.29. The number of primary amides is 1. The standard InChI is InChI=1S/C13H25N7O3/c1-20(10(21)5-4-8(15)3-2-6-14)9-7-17-13(18-11(9)22)19-12(16)23/h8-9H,2-7,14-15H2,1H3,(H4,16,17,18,19,22,23)/t8-,9?/m0/s1. The van der Waals surface area contributed by atoms with Crippen molar-refractivity contribution in [1.82, 2.24) is 15.5 Å². The van der Waals surface area contributed by atoms with Crippen LogP contribution >= 0.6 is 0 Å². The molecule has 0 saturated heterocycles. The maximum Gasteiger partial charge on any atom is 0.318 e. The molecule has 1 unspecified atom stereocenters. The van der Waals surface area contributed by atoms with Crippen molar-refractivity contribution < 1.29 is 14.4 Å². The minimum Gasteiger partial charge on any atom is -0.351 e. The molecule has 10 nitrogen and oxygen atoms in total. The number of urea groups is 1. The third-order valence-electron chi connectivity index (χ3n) is 3.58. The van der Waals surface area contributed by atoms with E-state index in [0.29, 0.717) is 13.0 Å². The van der Waals surface area contributed by atoms with E-state index in [1.54, 1.807) is 7.05 Å². The average molecular weight is 327 g/mol. The Balaban J connectivity index is 2.49. The summed E-state index contributed by atoms with van der Waals surface area (Å²) in [6, 6.07) is -1.62. The van der Waals surface area contributed by atoms with Gasteiger partial charge in [-0.15, -0.1) is 0 Å². The smallest absolute Gasteiger partial charge is 0.318 e. The number of hydrogen-bond donors (Lipinski definition) is 5. The molecular weight excluding hydrogens is 302 g/mol. The predicted octanol–water partition coefficient (Wildman–Crippen LogP) is -2.19. The Morgan fingerprint density at radius 2 is 2.17 bits per heavy atom. The lowest BCUT2D eigenvalue weighted by Crippen LogP contribution is -2.58. The van der Waals surface area contributed by atoms with E-state index < -0.39 is 18.0 Å². The molecule has 0 saturated carbocycles. The fraction of sp³-hybridized carbons (Fsp3) is 0.692. The van der Waals surface area contributed by atoms with Gasteiger partial charge in [-0.25, -0.2) is 9.79 Å². The van der Waals surface area contributed by atoms with Crippen LogP contribution in [0.1, 0.15) is 25.7 Å². The highest BCUT2D eigenvalue weighted by Gasteiger charge is 2.30. The van der Waals surface area contributed by atoms with Crippen LogP contribution in [0.4, 0.5) is 4.79 Å². The van der Waals surface area contributed by atoms with Gasteiger partial charge in [0, 0.05) is 19.5 Å². The molecule has 0 fully saturated rings. The van der Waals surface area contributed by atoms with Gasteiger partial charge in [-0.05, 0) is 25.8 Å². The predicted molar refractivity (Wildman–Crippen MR) is 85.2 cm³/mol. The fourth-order valence-corrected chi connectivity index (χ4v) is 2.17. The molecule has 0 aliphatic carbocycles. The third-order valence-corrected chi connectivity index (χ3v) is 3.58. The second kappa shape index (κ2) is 9.06. The van der Waals surface area contributed by atoms with Crippen LogP contribution in [0.3, 0.4) is 0 Å². The van der Waals surface area contributed by atoms with Crippen molar-refractivity contribution in [3.8, 4) is 0 Å². The van der Waals surface area contributed by atoms with Crippen LogP contribution in [0.15, 0.2) is 4.99 Å². The lowest BCUT2D eigenvalue weighted by molar-refractivity contribution is -0.138. The molecule has 4 amide bonds. The summed E-state index contributed by atoms with van der Waals surface area (Å²) < 4.78 is 0. The second-order valence-corrected chi connectivity index (χ2v) is 5.42. The Labute approximate surface area is 134 Å². The molecule has 2 atom stereocenters. The van der Waals surface area contributed by atoms with E-state index in [1.165, 1.54) is 4.90 Å². The van der Waals surface area contributed by atoms with E-state index >= 15 is 0 Å². The molecule has 130 valence electrons. The van der Waals surface area contributed by atoms with E-state index in [0.717, 1.165) is 12.8 Å². The Morgan fingerprint density at radius 1 is 1.48 bits per heavy atom. The average Bonchev–Trinajstić information content (AvgIpc) is 2.49. The Hall–Kier alpha value is -2.20. The van der Waals surface area contributed by atoms with E-state index in [-0.39, 0.29) is 30.9 Å². The van der Waals surface area contributed by atoms with E-state index in [9.17, 15) is 14.4 Å². The molecule has 8 N–H and O–H groups in total. The number of guanidine groups is 1. The van der Waals surface area contributed by atoms with Gasteiger partial charge in [-0.3, -0.25) is 20.2 Å². The van der Waals surface area contributed by atoms with Gasteiger partial charge in [0.15, 0.2) is 0 Å². The van der Waals surface area contributed by atoms with Gasteiger partial charge in [-0.2, -0.15) is 0 Å². The molecule has 1 aliphatic heterocycles. The van der Waals surface area contributed by atoms with Gasteiger partial charge in [0.25, 0.3) is 5.91 Å². The highest BCUT2D eigenvalue weighted by atomic mass is 16.2. The molecule has 0 radical (unpaired) electrons. The zero-order valence-electron chi connectivity index (χ0n) is 13.2. The van der Waals surface area contributed by atoms with Crippen molar-refractivity contribution in [2.75, 3.05) is 20.1 Å². The monoisotopic (exact) mass is 327 g/mol. The molecule has 0 aromatic rings. The molecule has 0 aromatic carbocycles. The summed E-state index contributed by atoms with van der Waals surface area (Å²) >= 11 is 0.